The molecule has 0 aromatic rings. The van der Waals surface area contributed by atoms with Crippen molar-refractivity contribution in [3.05, 3.63) is 25.0 Å². The zero-order valence-electron chi connectivity index (χ0n) is 5.15. The van der Waals surface area contributed by atoms with Crippen molar-refractivity contribution in [1.82, 2.24) is 0 Å². The molecule has 0 heterocycles. The Balaban J connectivity index is -0.000000125. The molecule has 28 valence electrons. The van der Waals surface area contributed by atoms with Gasteiger partial charge in [-0.05, 0) is 0 Å². The Morgan fingerprint density at radius 3 is 1.25 bits per heavy atom. The molecular formula is C6H2Li2. The molecule has 0 saturated heterocycles. The second kappa shape index (κ2) is 15.7. The Hall–Kier alpha value is 0.0548. The zero-order chi connectivity index (χ0) is 4.83. The summed E-state index contributed by atoms with van der Waals surface area (Å²) in [6, 6.07) is 0. The average molecular weight is 88.0 g/mol. The van der Waals surface area contributed by atoms with Gasteiger partial charge < -0.3 is 24.7 Å². The van der Waals surface area contributed by atoms with E-state index in [1.807, 2.05) is 11.8 Å². The minimum atomic E-state index is 0. The molecule has 0 spiro atoms. The van der Waals surface area contributed by atoms with Crippen molar-refractivity contribution >= 4 is 0 Å². The van der Waals surface area contributed by atoms with Crippen LogP contribution in [0.15, 0.2) is 12.2 Å². The van der Waals surface area contributed by atoms with E-state index in [9.17, 15) is 0 Å². The molecule has 0 aliphatic carbocycles. The molecule has 0 nitrogen and oxygen atoms in total. The second-order valence-electron chi connectivity index (χ2n) is 0.622. The molecule has 0 aliphatic rings. The van der Waals surface area contributed by atoms with E-state index in [0.717, 1.165) is 0 Å². The Morgan fingerprint density at radius 2 is 1.12 bits per heavy atom. The first-order valence-corrected chi connectivity index (χ1v) is 1.41. The maximum Gasteiger partial charge on any atom is 1.00 e. The van der Waals surface area contributed by atoms with Crippen LogP contribution in [0.1, 0.15) is 0 Å². The van der Waals surface area contributed by atoms with Gasteiger partial charge in [0.05, 0.1) is 0 Å². The molecule has 0 rings (SSSR count). The van der Waals surface area contributed by atoms with Gasteiger partial charge in [0.25, 0.3) is 0 Å². The Kier molecular flexibility index (Phi) is 30.9. The van der Waals surface area contributed by atoms with Crippen LogP contribution in [0.4, 0.5) is 0 Å². The van der Waals surface area contributed by atoms with Crippen LogP contribution < -0.4 is 37.7 Å². The fourth-order valence-corrected chi connectivity index (χ4v) is 0.0833. The third-order valence-corrected chi connectivity index (χ3v) is 0.250. The predicted molar refractivity (Wildman–Crippen MR) is 23.4 cm³/mol. The van der Waals surface area contributed by atoms with Crippen molar-refractivity contribution in [3.63, 3.8) is 0 Å². The molecule has 0 saturated carbocycles. The second-order valence-corrected chi connectivity index (χ2v) is 0.622. The molecule has 2 heteroatoms. The molecule has 0 aromatic carbocycles. The third-order valence-electron chi connectivity index (χ3n) is 0.250. The predicted octanol–water partition coefficient (Wildman–Crippen LogP) is -5.27. The molecule has 0 unspecified atom stereocenters. The Labute approximate surface area is 74.5 Å². The molecule has 8 heavy (non-hydrogen) atoms. The van der Waals surface area contributed by atoms with Gasteiger partial charge in [0.2, 0.25) is 0 Å². The van der Waals surface area contributed by atoms with Crippen LogP contribution in [0, 0.1) is 24.7 Å². The largest absolute Gasteiger partial charge is 1.00 e. The molecular weight excluding hydrogens is 85.9 g/mol. The number of allylic oxidation sites excluding steroid dienone is 2. The van der Waals surface area contributed by atoms with Gasteiger partial charge in [0.1, 0.15) is 0 Å². The molecule has 0 aromatic heterocycles. The van der Waals surface area contributed by atoms with E-state index < -0.39 is 0 Å². The summed E-state index contributed by atoms with van der Waals surface area (Å²) in [7, 11) is 0. The van der Waals surface area contributed by atoms with Gasteiger partial charge in [-0.2, -0.15) is 0 Å². The molecule has 0 radical (unpaired) electrons. The van der Waals surface area contributed by atoms with Crippen LogP contribution in [-0.2, 0) is 0 Å². The van der Waals surface area contributed by atoms with E-state index in [2.05, 4.69) is 0 Å². The molecule has 0 aliphatic heterocycles. The quantitative estimate of drug-likeness (QED) is 0.158. The summed E-state index contributed by atoms with van der Waals surface area (Å²) in [5, 5.41) is 0. The fourth-order valence-electron chi connectivity index (χ4n) is 0.0833. The number of rotatable bonds is 0. The van der Waals surface area contributed by atoms with E-state index in [1.165, 1.54) is 12.2 Å². The number of hydrogen-bond donors (Lipinski definition) is 0. The Bertz CT molecular complexity index is 106. The van der Waals surface area contributed by atoms with Crippen molar-refractivity contribution in [2.24, 2.45) is 0 Å². The monoisotopic (exact) mass is 88.0 g/mol. The van der Waals surface area contributed by atoms with E-state index in [4.69, 9.17) is 12.8 Å². The Morgan fingerprint density at radius 1 is 0.875 bits per heavy atom. The van der Waals surface area contributed by atoms with E-state index in [0.29, 0.717) is 0 Å². The first-order valence-electron chi connectivity index (χ1n) is 1.41. The van der Waals surface area contributed by atoms with Crippen molar-refractivity contribution in [3.8, 4) is 11.8 Å². The fraction of sp³-hybridized carbons (Fsp3) is 0. The minimum absolute atomic E-state index is 0. The standard InChI is InChI=1S/C6H2.2Li/c1-3-5-6-4-2;;/h5-6H;;/q-2;2*+1. The summed E-state index contributed by atoms with van der Waals surface area (Å²) in [6.07, 6.45) is 15.1. The first-order chi connectivity index (χ1) is 2.91. The van der Waals surface area contributed by atoms with Gasteiger partial charge in [-0.3, -0.25) is 0 Å². The van der Waals surface area contributed by atoms with Crippen LogP contribution in [0.2, 0.25) is 0 Å². The SMILES string of the molecule is [C-]#CC=CC#[C-].[Li+].[Li+]. The van der Waals surface area contributed by atoms with Crippen LogP contribution >= 0.6 is 0 Å². The maximum atomic E-state index is 6.25. The summed E-state index contributed by atoms with van der Waals surface area (Å²) in [5.74, 6) is 3.91. The van der Waals surface area contributed by atoms with E-state index in [1.54, 1.807) is 0 Å². The van der Waals surface area contributed by atoms with Gasteiger partial charge in [-0.25, -0.2) is 12.2 Å². The van der Waals surface area contributed by atoms with Crippen LogP contribution in [-0.4, -0.2) is 0 Å². The van der Waals surface area contributed by atoms with Crippen LogP contribution in [0.25, 0.3) is 0 Å². The molecule has 0 N–H and O–H groups in total. The van der Waals surface area contributed by atoms with Gasteiger partial charge in [-0.15, -0.1) is 0 Å². The summed E-state index contributed by atoms with van der Waals surface area (Å²) in [5.41, 5.74) is 0. The molecule has 0 atom stereocenters. The first kappa shape index (κ1) is 15.7. The topological polar surface area (TPSA) is 0 Å². The van der Waals surface area contributed by atoms with Crippen molar-refractivity contribution in [2.45, 2.75) is 0 Å². The van der Waals surface area contributed by atoms with Crippen molar-refractivity contribution < 1.29 is 37.7 Å². The average Bonchev–Trinajstić information content (AvgIpc) is 1.61. The normalized spacial score (nSPS) is 5.25. The van der Waals surface area contributed by atoms with Crippen LogP contribution in [0.3, 0.4) is 0 Å². The molecule has 0 fully saturated rings. The van der Waals surface area contributed by atoms with Gasteiger partial charge in [-0.1, -0.05) is 0 Å². The summed E-state index contributed by atoms with van der Waals surface area (Å²) >= 11 is 0. The zero-order valence-corrected chi connectivity index (χ0v) is 5.15. The van der Waals surface area contributed by atoms with E-state index >= 15 is 0 Å². The minimum Gasteiger partial charge on any atom is -0.368 e. The van der Waals surface area contributed by atoms with Gasteiger partial charge in [0, 0.05) is 0 Å². The summed E-state index contributed by atoms with van der Waals surface area (Å²) in [4.78, 5) is 0. The third kappa shape index (κ3) is 16.6. The maximum absolute atomic E-state index is 6.25. The van der Waals surface area contributed by atoms with E-state index in [-0.39, 0.29) is 37.7 Å². The molecule has 0 bridgehead atoms. The van der Waals surface area contributed by atoms with Crippen molar-refractivity contribution in [1.29, 1.82) is 0 Å². The van der Waals surface area contributed by atoms with Crippen molar-refractivity contribution in [2.75, 3.05) is 0 Å². The molecule has 0 amide bonds. The smallest absolute Gasteiger partial charge is 0.368 e. The summed E-state index contributed by atoms with van der Waals surface area (Å²) < 4.78 is 0. The van der Waals surface area contributed by atoms with Gasteiger partial charge in [0.15, 0.2) is 0 Å². The van der Waals surface area contributed by atoms with Crippen LogP contribution in [0.5, 0.6) is 0 Å². The number of hydrogen-bond acceptors (Lipinski definition) is 0. The van der Waals surface area contributed by atoms with Gasteiger partial charge >= 0.3 is 37.7 Å². The summed E-state index contributed by atoms with van der Waals surface area (Å²) in [6.45, 7) is 0.